The molecule has 1 atom stereocenters. The molecule has 1 aromatic carbocycles. The molecule has 0 saturated heterocycles. The average Bonchev–Trinajstić information content (AvgIpc) is 2.62. The van der Waals surface area contributed by atoms with Crippen LogP contribution in [0.4, 0.5) is 4.39 Å². The van der Waals surface area contributed by atoms with Gasteiger partial charge in [-0.15, -0.1) is 0 Å². The second-order valence-corrected chi connectivity index (χ2v) is 6.33. The zero-order valence-electron chi connectivity index (χ0n) is 13.7. The normalized spacial score (nSPS) is 16.2. The molecule has 25 heavy (non-hydrogen) atoms. The van der Waals surface area contributed by atoms with Crippen molar-refractivity contribution in [3.05, 3.63) is 41.8 Å². The molecular weight excluding hydrogens is 321 g/mol. The third-order valence-corrected chi connectivity index (χ3v) is 4.53. The minimum absolute atomic E-state index is 0.0220. The third kappa shape index (κ3) is 3.82. The largest absolute Gasteiger partial charge is 0.352 e. The molecule has 1 fully saturated rings. The molecule has 1 aromatic heterocycles. The van der Waals surface area contributed by atoms with Crippen LogP contribution < -0.4 is 5.32 Å². The highest BCUT2D eigenvalue weighted by Crippen LogP contribution is 2.20. The van der Waals surface area contributed by atoms with Crippen LogP contribution in [0.5, 0.6) is 0 Å². The van der Waals surface area contributed by atoms with Gasteiger partial charge in [0.25, 0.3) is 0 Å². The van der Waals surface area contributed by atoms with Gasteiger partial charge in [-0.2, -0.15) is 5.26 Å². The fraction of sp³-hybridized carbons (Fsp3) is 0.368. The van der Waals surface area contributed by atoms with Gasteiger partial charge in [-0.25, -0.2) is 4.39 Å². The number of benzene rings is 1. The highest BCUT2D eigenvalue weighted by molar-refractivity contribution is 6.12. The highest BCUT2D eigenvalue weighted by atomic mass is 19.1. The van der Waals surface area contributed by atoms with E-state index >= 15 is 0 Å². The summed E-state index contributed by atoms with van der Waals surface area (Å²) in [7, 11) is 0. The van der Waals surface area contributed by atoms with Crippen LogP contribution in [-0.2, 0) is 4.79 Å². The zero-order valence-corrected chi connectivity index (χ0v) is 13.7. The third-order valence-electron chi connectivity index (χ3n) is 4.53. The average molecular weight is 339 g/mol. The summed E-state index contributed by atoms with van der Waals surface area (Å²) in [6.07, 6.45) is 6.28. The van der Waals surface area contributed by atoms with Crippen LogP contribution in [0, 0.1) is 23.1 Å². The Bertz CT molecular complexity index is 853. The Hall–Kier alpha value is -2.81. The molecular formula is C19H18FN3O2. The Kier molecular flexibility index (Phi) is 5.03. The molecule has 6 heteroatoms. The number of pyridine rings is 1. The molecule has 0 aliphatic heterocycles. The van der Waals surface area contributed by atoms with E-state index in [-0.39, 0.29) is 11.6 Å². The number of fused-ring (bicyclic) bond motifs is 1. The van der Waals surface area contributed by atoms with Gasteiger partial charge in [0.15, 0.2) is 11.7 Å². The number of nitrogens with zero attached hydrogens (tertiary/aromatic N) is 2. The van der Waals surface area contributed by atoms with E-state index in [1.54, 1.807) is 6.07 Å². The van der Waals surface area contributed by atoms with Crippen molar-refractivity contribution in [2.45, 2.75) is 38.1 Å². The Morgan fingerprint density at radius 3 is 2.72 bits per heavy atom. The lowest BCUT2D eigenvalue weighted by atomic mass is 9.93. The van der Waals surface area contributed by atoms with Gasteiger partial charge in [-0.3, -0.25) is 14.6 Å². The number of halogens is 1. The molecule has 0 bridgehead atoms. The molecule has 1 aliphatic carbocycles. The number of amides is 1. The van der Waals surface area contributed by atoms with E-state index < -0.39 is 23.4 Å². The lowest BCUT2D eigenvalue weighted by Gasteiger charge is -2.23. The number of nitrogens with one attached hydrogen (secondary N) is 1. The second-order valence-electron chi connectivity index (χ2n) is 6.33. The van der Waals surface area contributed by atoms with Gasteiger partial charge in [-0.1, -0.05) is 19.3 Å². The fourth-order valence-corrected chi connectivity index (χ4v) is 3.17. The number of nitriles is 1. The SMILES string of the molecule is N#C[C@@H](C(=O)NC1CCCCC1)C(=O)c1cnc2ccc(F)cc2c1. The summed E-state index contributed by atoms with van der Waals surface area (Å²) in [5.41, 5.74) is 0.668. The van der Waals surface area contributed by atoms with Crippen LogP contribution in [0.3, 0.4) is 0 Å². The minimum Gasteiger partial charge on any atom is -0.352 e. The first kappa shape index (κ1) is 17.0. The fourth-order valence-electron chi connectivity index (χ4n) is 3.17. The minimum atomic E-state index is -1.42. The molecule has 128 valence electrons. The van der Waals surface area contributed by atoms with Gasteiger partial charge >= 0.3 is 0 Å². The van der Waals surface area contributed by atoms with Crippen LogP contribution in [0.1, 0.15) is 42.5 Å². The summed E-state index contributed by atoms with van der Waals surface area (Å²) in [5.74, 6) is -3.05. The lowest BCUT2D eigenvalue weighted by Crippen LogP contribution is -2.42. The van der Waals surface area contributed by atoms with E-state index in [0.29, 0.717) is 10.9 Å². The molecule has 0 spiro atoms. The van der Waals surface area contributed by atoms with Crippen molar-refractivity contribution in [2.75, 3.05) is 0 Å². The Labute approximate surface area is 144 Å². The van der Waals surface area contributed by atoms with Crippen molar-refractivity contribution in [3.8, 4) is 6.07 Å². The van der Waals surface area contributed by atoms with Crippen LogP contribution in [-0.4, -0.2) is 22.7 Å². The van der Waals surface area contributed by atoms with Gasteiger partial charge in [-0.05, 0) is 37.1 Å². The van der Waals surface area contributed by atoms with Crippen LogP contribution >= 0.6 is 0 Å². The van der Waals surface area contributed by atoms with Crippen molar-refractivity contribution in [1.29, 1.82) is 5.26 Å². The molecule has 3 rings (SSSR count). The van der Waals surface area contributed by atoms with E-state index in [1.807, 2.05) is 0 Å². The summed E-state index contributed by atoms with van der Waals surface area (Å²) in [6.45, 7) is 0. The highest BCUT2D eigenvalue weighted by Gasteiger charge is 2.29. The first-order valence-corrected chi connectivity index (χ1v) is 8.38. The Morgan fingerprint density at radius 1 is 1.24 bits per heavy atom. The smallest absolute Gasteiger partial charge is 0.245 e. The summed E-state index contributed by atoms with van der Waals surface area (Å²) in [4.78, 5) is 29.0. The van der Waals surface area contributed by atoms with Gasteiger partial charge in [0.05, 0.1) is 11.6 Å². The van der Waals surface area contributed by atoms with Crippen molar-refractivity contribution in [1.82, 2.24) is 10.3 Å². The first-order valence-electron chi connectivity index (χ1n) is 8.38. The summed E-state index contributed by atoms with van der Waals surface area (Å²) in [6, 6.07) is 7.33. The summed E-state index contributed by atoms with van der Waals surface area (Å²) < 4.78 is 13.4. The van der Waals surface area contributed by atoms with Crippen LogP contribution in [0.25, 0.3) is 10.9 Å². The maximum Gasteiger partial charge on any atom is 0.245 e. The maximum atomic E-state index is 13.4. The van der Waals surface area contributed by atoms with Crippen molar-refractivity contribution in [3.63, 3.8) is 0 Å². The van der Waals surface area contributed by atoms with Crippen LogP contribution in [0.15, 0.2) is 30.5 Å². The standard InChI is InChI=1S/C19H18FN3O2/c20-14-6-7-17-12(9-14)8-13(11-22-17)18(24)16(10-21)19(25)23-15-4-2-1-3-5-15/h6-9,11,15-16H,1-5H2,(H,23,25)/t16-/m1/s1. The van der Waals surface area contributed by atoms with Gasteiger partial charge < -0.3 is 5.32 Å². The Balaban J connectivity index is 1.79. The number of hydrogen-bond acceptors (Lipinski definition) is 4. The molecule has 1 saturated carbocycles. The summed E-state index contributed by atoms with van der Waals surface area (Å²) >= 11 is 0. The number of rotatable bonds is 4. The predicted molar refractivity (Wildman–Crippen MR) is 90.2 cm³/mol. The quantitative estimate of drug-likeness (QED) is 0.685. The van der Waals surface area contributed by atoms with E-state index in [9.17, 15) is 19.2 Å². The lowest BCUT2D eigenvalue weighted by molar-refractivity contribution is -0.123. The maximum absolute atomic E-state index is 13.4. The number of Topliss-reactive ketones (excluding diaryl/α,β-unsaturated/α-hetero) is 1. The number of aromatic nitrogens is 1. The summed E-state index contributed by atoms with van der Waals surface area (Å²) in [5, 5.41) is 12.6. The number of hydrogen-bond donors (Lipinski definition) is 1. The van der Waals surface area contributed by atoms with Crippen molar-refractivity contribution < 1.29 is 14.0 Å². The molecule has 1 amide bonds. The topological polar surface area (TPSA) is 82.9 Å². The van der Waals surface area contributed by atoms with E-state index in [2.05, 4.69) is 10.3 Å². The second kappa shape index (κ2) is 7.39. The molecule has 1 N–H and O–H groups in total. The van der Waals surface area contributed by atoms with Crippen molar-refractivity contribution >= 4 is 22.6 Å². The molecule has 0 radical (unpaired) electrons. The number of carbonyl (C=O) groups excluding carboxylic acids is 2. The van der Waals surface area contributed by atoms with Crippen LogP contribution in [0.2, 0.25) is 0 Å². The number of carbonyl (C=O) groups is 2. The van der Waals surface area contributed by atoms with Crippen molar-refractivity contribution in [2.24, 2.45) is 5.92 Å². The zero-order chi connectivity index (χ0) is 17.8. The Morgan fingerprint density at radius 2 is 2.00 bits per heavy atom. The molecule has 2 aromatic rings. The molecule has 0 unspecified atom stereocenters. The van der Waals surface area contributed by atoms with Gasteiger partial charge in [0, 0.05) is 23.2 Å². The van der Waals surface area contributed by atoms with E-state index in [0.717, 1.165) is 32.1 Å². The monoisotopic (exact) mass is 339 g/mol. The molecule has 1 heterocycles. The van der Waals surface area contributed by atoms with E-state index in [4.69, 9.17) is 0 Å². The van der Waals surface area contributed by atoms with E-state index in [1.165, 1.54) is 30.5 Å². The number of ketones is 1. The predicted octanol–water partition coefficient (Wildman–Crippen LogP) is 3.15. The first-order chi connectivity index (χ1) is 12.1. The molecule has 1 aliphatic rings. The van der Waals surface area contributed by atoms with Gasteiger partial charge in [0.2, 0.25) is 5.91 Å². The molecule has 5 nitrogen and oxygen atoms in total. The van der Waals surface area contributed by atoms with Gasteiger partial charge in [0.1, 0.15) is 5.82 Å².